The number of hydrogen-bond donors (Lipinski definition) is 0. The van der Waals surface area contributed by atoms with Gasteiger partial charge >= 0.3 is 27.4 Å². The van der Waals surface area contributed by atoms with E-state index in [1.807, 2.05) is 0 Å². The molecule has 3 nitrogen and oxygen atoms in total. The maximum absolute atomic E-state index is 11.8. The third-order valence-corrected chi connectivity index (χ3v) is 1.62. The average molecular weight is 400 g/mol. The van der Waals surface area contributed by atoms with E-state index in [0.717, 1.165) is 0 Å². The van der Waals surface area contributed by atoms with Crippen LogP contribution in [0, 0.1) is 0 Å². The third kappa shape index (κ3) is 4.24. The van der Waals surface area contributed by atoms with Gasteiger partial charge in [-0.3, -0.25) is 0 Å². The second-order valence-electron chi connectivity index (χ2n) is 2.72. The second kappa shape index (κ2) is 5.36. The van der Waals surface area contributed by atoms with Crippen molar-refractivity contribution in [1.29, 1.82) is 0 Å². The molecule has 0 saturated carbocycles. The first kappa shape index (κ1) is 15.0. The van der Waals surface area contributed by atoms with E-state index in [1.54, 1.807) is 12.3 Å². The van der Waals surface area contributed by atoms with Gasteiger partial charge < -0.3 is 16.2 Å². The fraction of sp³-hybridized carbons (Fsp3) is 0.111. The first-order chi connectivity index (χ1) is 6.54. The molecule has 0 bridgehead atoms. The van der Waals surface area contributed by atoms with Gasteiger partial charge in [-0.2, -0.15) is 11.9 Å². The smallest absolute Gasteiger partial charge is 0.693 e. The van der Waals surface area contributed by atoms with Gasteiger partial charge in [-0.15, -0.1) is 13.2 Å². The minimum atomic E-state index is -4.65. The van der Waals surface area contributed by atoms with Crippen LogP contribution in [0.3, 0.4) is 0 Å². The summed E-state index contributed by atoms with van der Waals surface area (Å²) in [6, 6.07) is 5.71. The van der Waals surface area contributed by atoms with Crippen molar-refractivity contribution >= 4 is 5.70 Å². The van der Waals surface area contributed by atoms with E-state index in [-0.39, 0.29) is 33.0 Å². The summed E-state index contributed by atoms with van der Waals surface area (Å²) in [4.78, 5) is 0. The van der Waals surface area contributed by atoms with Gasteiger partial charge in [0.1, 0.15) is 5.75 Å². The molecule has 0 spiro atoms. The Balaban J connectivity index is 0.00000112. The van der Waals surface area contributed by atoms with E-state index < -0.39 is 6.36 Å². The van der Waals surface area contributed by atoms with Crippen LogP contribution in [0.25, 0.3) is 17.2 Å². The zero-order valence-corrected chi connectivity index (χ0v) is 10.8. The van der Waals surface area contributed by atoms with Crippen LogP contribution >= 0.6 is 0 Å². The molecule has 0 atom stereocenters. The van der Waals surface area contributed by atoms with E-state index >= 15 is 0 Å². The van der Waals surface area contributed by atoms with Crippen LogP contribution in [0.2, 0.25) is 0 Å². The summed E-state index contributed by atoms with van der Waals surface area (Å²) in [6.45, 7) is 0. The number of halogens is 3. The Labute approximate surface area is 105 Å². The molecule has 16 heavy (non-hydrogen) atoms. The van der Waals surface area contributed by atoms with Gasteiger partial charge in [-0.25, -0.2) is 0 Å². The Morgan fingerprint density at radius 2 is 1.81 bits per heavy atom. The van der Waals surface area contributed by atoms with Crippen molar-refractivity contribution in [2.75, 3.05) is 0 Å². The summed E-state index contributed by atoms with van der Waals surface area (Å²) in [5.74, 6) is -0.224. The number of benzene rings is 1. The van der Waals surface area contributed by atoms with Crippen molar-refractivity contribution < 1.29 is 39.0 Å². The number of hydrogen-bond acceptors (Lipinski definition) is 1. The molecule has 1 aromatic rings. The Morgan fingerprint density at radius 1 is 1.19 bits per heavy atom. The summed E-state index contributed by atoms with van der Waals surface area (Å²) in [6.07, 6.45) is -3.07. The molecule has 1 aliphatic heterocycles. The molecule has 7 heteroatoms. The van der Waals surface area contributed by atoms with E-state index in [2.05, 4.69) is 10.1 Å². The van der Waals surface area contributed by atoms with Gasteiger partial charge in [0, 0.05) is 0 Å². The zero-order chi connectivity index (χ0) is 10.2. The van der Waals surface area contributed by atoms with E-state index in [1.165, 1.54) is 18.2 Å². The second-order valence-corrected chi connectivity index (χ2v) is 2.72. The van der Waals surface area contributed by atoms with Gasteiger partial charge in [-0.1, -0.05) is 12.1 Å². The molecule has 0 unspecified atom stereocenters. The Morgan fingerprint density at radius 3 is 2.31 bits per heavy atom. The minimum Gasteiger partial charge on any atom is -0.693 e. The van der Waals surface area contributed by atoms with Crippen LogP contribution < -0.4 is 4.74 Å². The molecule has 86 valence electrons. The average Bonchev–Trinajstić information content (AvgIpc) is 2.83. The molecule has 0 radical (unpaired) electrons. The van der Waals surface area contributed by atoms with Crippen LogP contribution in [0.5, 0.6) is 5.75 Å². The van der Waals surface area contributed by atoms with Crippen molar-refractivity contribution in [2.45, 2.75) is 6.36 Å². The van der Waals surface area contributed by atoms with Gasteiger partial charge in [0.15, 0.2) is 0 Å². The summed E-state index contributed by atoms with van der Waals surface area (Å²) in [7, 11) is 0. The maximum atomic E-state index is 11.8. The Kier molecular flexibility index (Phi) is 5.03. The topological polar surface area (TPSA) is 56.8 Å². The quantitative estimate of drug-likeness (QED) is 0.741. The van der Waals surface area contributed by atoms with Gasteiger partial charge in [-0.05, 0) is 17.7 Å². The van der Waals surface area contributed by atoms with E-state index in [4.69, 9.17) is 0 Å². The molecule has 2 rings (SSSR count). The van der Waals surface area contributed by atoms with Crippen molar-refractivity contribution in [3.8, 4) is 5.75 Å². The summed E-state index contributed by atoms with van der Waals surface area (Å²) in [5, 5.41) is 3.77. The molecule has 1 aliphatic rings. The zero-order valence-electron chi connectivity index (χ0n) is 7.86. The Bertz CT molecular complexity index is 393. The summed E-state index contributed by atoms with van der Waals surface area (Å²) in [5.41, 5.74) is 1.32. The summed E-state index contributed by atoms with van der Waals surface area (Å²) >= 11 is 0. The molecular formula is C9H7F3N2OW. The first-order valence-electron chi connectivity index (χ1n) is 3.82. The number of alkyl halides is 3. The SMILES string of the molecule is FC(F)(F)Oc1cccc(C2=C[N-]2)c1.[NH2-].[W+2]. The molecule has 2 N–H and O–H groups in total. The van der Waals surface area contributed by atoms with Crippen LogP contribution in [-0.4, -0.2) is 6.36 Å². The van der Waals surface area contributed by atoms with E-state index in [0.29, 0.717) is 11.3 Å². The van der Waals surface area contributed by atoms with Crippen LogP contribution in [0.15, 0.2) is 30.5 Å². The van der Waals surface area contributed by atoms with Gasteiger partial charge in [0.05, 0.1) is 0 Å². The normalized spacial score (nSPS) is 12.6. The van der Waals surface area contributed by atoms with Crippen molar-refractivity contribution in [2.24, 2.45) is 0 Å². The third-order valence-electron chi connectivity index (χ3n) is 1.62. The monoisotopic (exact) mass is 400 g/mol. The predicted molar refractivity (Wildman–Crippen MR) is 49.7 cm³/mol. The number of nitrogens with two attached hydrogens (primary N) is 1. The van der Waals surface area contributed by atoms with Crippen LogP contribution in [-0.2, 0) is 21.1 Å². The van der Waals surface area contributed by atoms with Crippen LogP contribution in [0.1, 0.15) is 5.56 Å². The molecule has 0 aromatic heterocycles. The van der Waals surface area contributed by atoms with Crippen molar-refractivity contribution in [3.05, 3.63) is 47.5 Å². The van der Waals surface area contributed by atoms with Gasteiger partial charge in [0.2, 0.25) is 0 Å². The fourth-order valence-corrected chi connectivity index (χ4v) is 1.03. The fourth-order valence-electron chi connectivity index (χ4n) is 1.03. The van der Waals surface area contributed by atoms with Crippen LogP contribution in [0.4, 0.5) is 13.2 Å². The van der Waals surface area contributed by atoms with Crippen molar-refractivity contribution in [3.63, 3.8) is 0 Å². The maximum Gasteiger partial charge on any atom is 2.00 e. The number of nitrogens with zero attached hydrogens (tertiary/aromatic N) is 1. The first-order valence-corrected chi connectivity index (χ1v) is 3.82. The predicted octanol–water partition coefficient (Wildman–Crippen LogP) is 3.99. The molecular weight excluding hydrogens is 393 g/mol. The van der Waals surface area contributed by atoms with E-state index in [9.17, 15) is 13.2 Å². The molecule has 1 heterocycles. The van der Waals surface area contributed by atoms with Crippen molar-refractivity contribution in [1.82, 2.24) is 0 Å². The summed E-state index contributed by atoms with van der Waals surface area (Å²) < 4.78 is 39.2. The minimum absolute atomic E-state index is 0. The molecule has 1 aromatic carbocycles. The number of ether oxygens (including phenoxy) is 1. The molecule has 0 saturated heterocycles. The molecule has 0 aliphatic carbocycles. The number of rotatable bonds is 2. The molecule has 0 amide bonds. The molecule has 0 fully saturated rings. The Hall–Kier alpha value is -1.00. The standard InChI is InChI=1S/C9H5F3NO.H2N.W/c10-9(11,12)14-7-3-1-2-6(4-7)8-5-13-8;;/h1-5H;1H2;/q2*-1;+2. The van der Waals surface area contributed by atoms with Gasteiger partial charge in [0.25, 0.3) is 0 Å². The largest absolute Gasteiger partial charge is 2.00 e.